The van der Waals surface area contributed by atoms with Gasteiger partial charge in [0.1, 0.15) is 5.56 Å². The van der Waals surface area contributed by atoms with Crippen molar-refractivity contribution >= 4 is 64.0 Å². The van der Waals surface area contributed by atoms with Crippen LogP contribution in [0.25, 0.3) is 11.3 Å². The molecule has 2 N–H and O–H groups in total. The fraction of sp³-hybridized carbons (Fsp3) is 0.0556. The van der Waals surface area contributed by atoms with E-state index in [1.54, 1.807) is 0 Å². The number of esters is 1. The molecule has 0 fully saturated rings. The van der Waals surface area contributed by atoms with Crippen molar-refractivity contribution in [1.82, 2.24) is 10.2 Å². The number of amides is 1. The molecule has 0 saturated carbocycles. The van der Waals surface area contributed by atoms with E-state index in [0.717, 1.165) is 5.56 Å². The molecule has 1 amide bonds. The maximum atomic E-state index is 12.3. The van der Waals surface area contributed by atoms with Crippen LogP contribution in [0.3, 0.4) is 0 Å². The van der Waals surface area contributed by atoms with Gasteiger partial charge in [-0.15, -0.1) is 0 Å². The number of aromatic nitrogens is 2. The van der Waals surface area contributed by atoms with Gasteiger partial charge < -0.3 is 10.1 Å². The van der Waals surface area contributed by atoms with E-state index in [-0.39, 0.29) is 31.3 Å². The van der Waals surface area contributed by atoms with Crippen LogP contribution in [-0.2, 0) is 9.53 Å². The first-order valence-corrected chi connectivity index (χ1v) is 9.28. The number of carbonyl (C=O) groups excluding carboxylic acids is 2. The summed E-state index contributed by atoms with van der Waals surface area (Å²) in [4.78, 5) is 24.5. The van der Waals surface area contributed by atoms with Gasteiger partial charge >= 0.3 is 5.97 Å². The van der Waals surface area contributed by atoms with Crippen molar-refractivity contribution < 1.29 is 14.3 Å². The lowest BCUT2D eigenvalue weighted by Gasteiger charge is -2.12. The zero-order valence-corrected chi connectivity index (χ0v) is 17.0. The summed E-state index contributed by atoms with van der Waals surface area (Å²) in [6.07, 6.45) is 1.33. The number of nitrogens with zero attached hydrogens (tertiary/aromatic N) is 1. The Morgan fingerprint density at radius 3 is 2.32 bits per heavy atom. The highest BCUT2D eigenvalue weighted by Crippen LogP contribution is 2.40. The van der Waals surface area contributed by atoms with Crippen LogP contribution >= 0.6 is 46.4 Å². The van der Waals surface area contributed by atoms with Gasteiger partial charge in [-0.25, -0.2) is 4.79 Å². The quantitative estimate of drug-likeness (QED) is 0.391. The summed E-state index contributed by atoms with van der Waals surface area (Å²) in [5.41, 5.74) is 1.47. The standard InChI is InChI=1S/C18H11Cl4N3O3/c19-11-6-12(20)15(22)17(14(11)21)24-13(26)8-28-18(27)10-7-23-25-16(10)9-4-2-1-3-5-9/h1-7H,8H2,(H,23,25)(H,24,26). The Kier molecular flexibility index (Phi) is 6.46. The lowest BCUT2D eigenvalue weighted by Crippen LogP contribution is -2.21. The molecule has 6 nitrogen and oxygen atoms in total. The van der Waals surface area contributed by atoms with Crippen LogP contribution in [0.4, 0.5) is 5.69 Å². The second-order valence-corrected chi connectivity index (χ2v) is 7.06. The maximum Gasteiger partial charge on any atom is 0.342 e. The van der Waals surface area contributed by atoms with E-state index in [9.17, 15) is 9.59 Å². The Morgan fingerprint density at radius 1 is 1.04 bits per heavy atom. The molecule has 3 rings (SSSR count). The number of carbonyl (C=O) groups is 2. The molecular formula is C18H11Cl4N3O3. The number of benzene rings is 2. The smallest absolute Gasteiger partial charge is 0.342 e. The molecule has 0 spiro atoms. The average Bonchev–Trinajstić information content (AvgIpc) is 3.18. The summed E-state index contributed by atoms with van der Waals surface area (Å²) in [5.74, 6) is -1.38. The van der Waals surface area contributed by atoms with Crippen molar-refractivity contribution in [3.05, 3.63) is 68.2 Å². The number of hydrogen-bond donors (Lipinski definition) is 2. The third-order valence-electron chi connectivity index (χ3n) is 3.63. The largest absolute Gasteiger partial charge is 0.452 e. The summed E-state index contributed by atoms with van der Waals surface area (Å²) in [5, 5.41) is 9.33. The molecule has 1 aromatic heterocycles. The zero-order chi connectivity index (χ0) is 20.3. The van der Waals surface area contributed by atoms with Crippen LogP contribution in [-0.4, -0.2) is 28.7 Å². The van der Waals surface area contributed by atoms with E-state index in [1.807, 2.05) is 30.3 Å². The molecule has 0 unspecified atom stereocenters. The van der Waals surface area contributed by atoms with Crippen molar-refractivity contribution in [2.45, 2.75) is 0 Å². The minimum atomic E-state index is -0.718. The number of halogens is 4. The average molecular weight is 459 g/mol. The summed E-state index contributed by atoms with van der Waals surface area (Å²) in [7, 11) is 0. The van der Waals surface area contributed by atoms with Gasteiger partial charge in [-0.05, 0) is 6.07 Å². The number of hydrogen-bond acceptors (Lipinski definition) is 4. The van der Waals surface area contributed by atoms with Gasteiger partial charge in [0.2, 0.25) is 0 Å². The normalized spacial score (nSPS) is 10.6. The summed E-state index contributed by atoms with van der Waals surface area (Å²) in [6, 6.07) is 10.5. The molecule has 144 valence electrons. The van der Waals surface area contributed by atoms with E-state index < -0.39 is 18.5 Å². The molecule has 0 aliphatic carbocycles. The number of H-pyrrole nitrogens is 1. The Morgan fingerprint density at radius 2 is 1.68 bits per heavy atom. The first kappa shape index (κ1) is 20.5. The number of aromatic amines is 1. The van der Waals surface area contributed by atoms with Crippen molar-refractivity contribution in [2.24, 2.45) is 0 Å². The molecule has 0 bridgehead atoms. The van der Waals surface area contributed by atoms with E-state index in [2.05, 4.69) is 15.5 Å². The minimum absolute atomic E-state index is 0.0249. The third-order valence-corrected chi connectivity index (χ3v) is 5.21. The fourth-order valence-electron chi connectivity index (χ4n) is 2.33. The maximum absolute atomic E-state index is 12.3. The van der Waals surface area contributed by atoms with Crippen molar-refractivity contribution in [3.8, 4) is 11.3 Å². The lowest BCUT2D eigenvalue weighted by atomic mass is 10.1. The first-order valence-electron chi connectivity index (χ1n) is 7.77. The van der Waals surface area contributed by atoms with E-state index in [4.69, 9.17) is 51.1 Å². The summed E-state index contributed by atoms with van der Waals surface area (Å²) in [6.45, 7) is -0.574. The number of nitrogens with one attached hydrogen (secondary N) is 2. The first-order chi connectivity index (χ1) is 13.4. The molecule has 0 radical (unpaired) electrons. The van der Waals surface area contributed by atoms with Crippen LogP contribution in [0.5, 0.6) is 0 Å². The lowest BCUT2D eigenvalue weighted by molar-refractivity contribution is -0.119. The molecule has 1 heterocycles. The van der Waals surface area contributed by atoms with Crippen LogP contribution in [0.2, 0.25) is 20.1 Å². The van der Waals surface area contributed by atoms with Gasteiger partial charge in [0, 0.05) is 5.56 Å². The van der Waals surface area contributed by atoms with Gasteiger partial charge in [0.15, 0.2) is 6.61 Å². The fourth-order valence-corrected chi connectivity index (χ4v) is 3.24. The molecule has 10 heteroatoms. The molecule has 0 atom stereocenters. The van der Waals surface area contributed by atoms with Crippen molar-refractivity contribution in [3.63, 3.8) is 0 Å². The van der Waals surface area contributed by atoms with Crippen LogP contribution < -0.4 is 5.32 Å². The van der Waals surface area contributed by atoms with Crippen LogP contribution in [0.1, 0.15) is 10.4 Å². The molecule has 2 aromatic carbocycles. The Balaban J connectivity index is 1.68. The van der Waals surface area contributed by atoms with Gasteiger partial charge in [-0.3, -0.25) is 9.89 Å². The number of rotatable bonds is 5. The van der Waals surface area contributed by atoms with Crippen molar-refractivity contribution in [1.29, 1.82) is 0 Å². The van der Waals surface area contributed by atoms with E-state index >= 15 is 0 Å². The Labute approximate surface area is 179 Å². The van der Waals surface area contributed by atoms with Crippen LogP contribution in [0.15, 0.2) is 42.6 Å². The highest BCUT2D eigenvalue weighted by atomic mass is 35.5. The Hall–Kier alpha value is -2.25. The van der Waals surface area contributed by atoms with Crippen LogP contribution in [0, 0.1) is 0 Å². The van der Waals surface area contributed by atoms with Gasteiger partial charge in [0.05, 0.1) is 37.7 Å². The van der Waals surface area contributed by atoms with Gasteiger partial charge in [-0.1, -0.05) is 76.7 Å². The SMILES string of the molecule is O=C(COC(=O)c1cn[nH]c1-c1ccccc1)Nc1c(Cl)c(Cl)cc(Cl)c1Cl. The minimum Gasteiger partial charge on any atom is -0.452 e. The zero-order valence-electron chi connectivity index (χ0n) is 13.9. The van der Waals surface area contributed by atoms with Crippen molar-refractivity contribution in [2.75, 3.05) is 11.9 Å². The van der Waals surface area contributed by atoms with E-state index in [0.29, 0.717) is 5.69 Å². The number of anilines is 1. The monoisotopic (exact) mass is 457 g/mol. The van der Waals surface area contributed by atoms with E-state index in [1.165, 1.54) is 12.3 Å². The van der Waals surface area contributed by atoms with Gasteiger partial charge in [-0.2, -0.15) is 5.10 Å². The summed E-state index contributed by atoms with van der Waals surface area (Å²) < 4.78 is 5.06. The topological polar surface area (TPSA) is 84.1 Å². The predicted octanol–water partition coefficient (Wildman–Crippen LogP) is 5.49. The number of ether oxygens (including phenoxy) is 1. The van der Waals surface area contributed by atoms with Gasteiger partial charge in [0.25, 0.3) is 5.91 Å². The highest BCUT2D eigenvalue weighted by molar-refractivity contribution is 6.50. The highest BCUT2D eigenvalue weighted by Gasteiger charge is 2.20. The second-order valence-electron chi connectivity index (χ2n) is 5.49. The molecule has 28 heavy (non-hydrogen) atoms. The molecule has 0 saturated heterocycles. The third kappa shape index (κ3) is 4.42. The Bertz CT molecular complexity index is 1010. The molecular weight excluding hydrogens is 448 g/mol. The molecule has 0 aliphatic heterocycles. The molecule has 0 aliphatic rings. The second kappa shape index (κ2) is 8.84. The molecule has 3 aromatic rings. The summed E-state index contributed by atoms with van der Waals surface area (Å²) >= 11 is 23.9. The predicted molar refractivity (Wildman–Crippen MR) is 109 cm³/mol.